The van der Waals surface area contributed by atoms with Crippen molar-refractivity contribution in [1.82, 2.24) is 15.0 Å². The van der Waals surface area contributed by atoms with Crippen LogP contribution in [0.3, 0.4) is 0 Å². The zero-order valence-corrected chi connectivity index (χ0v) is 18.4. The van der Waals surface area contributed by atoms with Crippen molar-refractivity contribution in [2.45, 2.75) is 4.90 Å². The highest BCUT2D eigenvalue weighted by molar-refractivity contribution is 7.92. The number of nitrogens with zero attached hydrogens (tertiary/aromatic N) is 4. The minimum Gasteiger partial charge on any atom is -0.494 e. The Hall–Kier alpha value is -3.76. The molecule has 32 heavy (non-hydrogen) atoms. The summed E-state index contributed by atoms with van der Waals surface area (Å²) in [5.74, 6) is 0.332. The molecule has 2 N–H and O–H groups in total. The van der Waals surface area contributed by atoms with Crippen molar-refractivity contribution in [3.8, 4) is 5.88 Å². The van der Waals surface area contributed by atoms with E-state index in [0.29, 0.717) is 17.1 Å². The highest BCUT2D eigenvalue weighted by Crippen LogP contribution is 2.33. The van der Waals surface area contributed by atoms with E-state index in [1.165, 1.54) is 30.5 Å². The second kappa shape index (κ2) is 7.74. The number of benzene rings is 2. The van der Waals surface area contributed by atoms with E-state index in [9.17, 15) is 13.5 Å². The second-order valence-corrected chi connectivity index (χ2v) is 9.84. The molecule has 0 fully saturated rings. The van der Waals surface area contributed by atoms with Gasteiger partial charge >= 0.3 is 0 Å². The fourth-order valence-corrected chi connectivity index (χ4v) is 5.25. The first-order valence-corrected chi connectivity index (χ1v) is 11.9. The molecule has 5 rings (SSSR count). The lowest BCUT2D eigenvalue weighted by molar-refractivity contribution is 0.457. The third kappa shape index (κ3) is 3.39. The smallest absolute Gasteiger partial charge is 0.265 e. The highest BCUT2D eigenvalue weighted by Gasteiger charge is 2.22. The predicted octanol–water partition coefficient (Wildman–Crippen LogP) is 4.45. The number of aromatic nitrogens is 3. The molecular weight excluding hydrogens is 446 g/mol. The Morgan fingerprint density at radius 2 is 1.91 bits per heavy atom. The lowest BCUT2D eigenvalue weighted by Gasteiger charge is -2.18. The molecule has 10 heteroatoms. The van der Waals surface area contributed by atoms with Crippen LogP contribution >= 0.6 is 11.3 Å². The van der Waals surface area contributed by atoms with Crippen LogP contribution in [0.2, 0.25) is 0 Å². The molecule has 0 saturated carbocycles. The molecule has 8 nitrogen and oxygen atoms in total. The lowest BCUT2D eigenvalue weighted by Crippen LogP contribution is -2.27. The molecule has 0 bridgehead atoms. The van der Waals surface area contributed by atoms with Crippen LogP contribution in [-0.4, -0.2) is 41.7 Å². The number of pyridine rings is 1. The number of thiazole rings is 1. The number of sulfonamides is 1. The highest BCUT2D eigenvalue weighted by atomic mass is 32.2. The molecule has 0 atom stereocenters. The van der Waals surface area contributed by atoms with Gasteiger partial charge in [0.2, 0.25) is 0 Å². The minimum atomic E-state index is -3.75. The molecule has 0 aliphatic heterocycles. The normalized spacial score (nSPS) is 12.2. The maximum atomic E-state index is 12.9. The first-order chi connectivity index (χ1) is 15.4. The molecule has 0 radical (unpaired) electrons. The first-order valence-electron chi connectivity index (χ1n) is 9.56. The van der Waals surface area contributed by atoms with Crippen molar-refractivity contribution in [2.24, 2.45) is 4.99 Å². The Bertz CT molecular complexity index is 1560. The van der Waals surface area contributed by atoms with Gasteiger partial charge < -0.3 is 10.1 Å². The van der Waals surface area contributed by atoms with Crippen molar-refractivity contribution in [3.05, 3.63) is 71.9 Å². The van der Waals surface area contributed by atoms with E-state index < -0.39 is 10.0 Å². The van der Waals surface area contributed by atoms with Crippen LogP contribution < -0.4 is 4.31 Å². The zero-order valence-electron chi connectivity index (χ0n) is 16.8. The van der Waals surface area contributed by atoms with Crippen LogP contribution in [0, 0.1) is 0 Å². The van der Waals surface area contributed by atoms with Gasteiger partial charge in [-0.2, -0.15) is 0 Å². The third-order valence-electron chi connectivity index (χ3n) is 5.09. The second-order valence-electron chi connectivity index (χ2n) is 6.99. The van der Waals surface area contributed by atoms with Gasteiger partial charge in [-0.25, -0.2) is 18.4 Å². The van der Waals surface area contributed by atoms with Crippen LogP contribution in [0.25, 0.3) is 21.1 Å². The number of rotatable bonds is 5. The van der Waals surface area contributed by atoms with Crippen LogP contribution in [0.1, 0.15) is 5.56 Å². The van der Waals surface area contributed by atoms with E-state index in [2.05, 4.69) is 19.9 Å². The van der Waals surface area contributed by atoms with Crippen molar-refractivity contribution in [2.75, 3.05) is 11.4 Å². The molecule has 0 saturated heterocycles. The number of nitrogens with one attached hydrogen (secondary N) is 1. The molecule has 0 amide bonds. The van der Waals surface area contributed by atoms with Crippen molar-refractivity contribution in [1.29, 1.82) is 0 Å². The lowest BCUT2D eigenvalue weighted by atomic mass is 10.1. The average Bonchev–Trinajstić information content (AvgIpc) is 3.41. The van der Waals surface area contributed by atoms with Gasteiger partial charge in [0.1, 0.15) is 5.82 Å². The van der Waals surface area contributed by atoms with E-state index in [1.54, 1.807) is 48.3 Å². The molecule has 0 aliphatic rings. The third-order valence-corrected chi connectivity index (χ3v) is 7.66. The van der Waals surface area contributed by atoms with Crippen LogP contribution in [0.15, 0.2) is 76.2 Å². The maximum absolute atomic E-state index is 12.9. The summed E-state index contributed by atoms with van der Waals surface area (Å²) in [6.45, 7) is 0. The summed E-state index contributed by atoms with van der Waals surface area (Å²) < 4.78 is 27.9. The summed E-state index contributed by atoms with van der Waals surface area (Å²) >= 11 is 1.52. The van der Waals surface area contributed by atoms with Gasteiger partial charge in [-0.3, -0.25) is 9.30 Å². The van der Waals surface area contributed by atoms with Gasteiger partial charge in [0.25, 0.3) is 10.0 Å². The summed E-state index contributed by atoms with van der Waals surface area (Å²) in [5, 5.41) is 11.2. The number of aliphatic imine (C=N–C) groups is 1. The standard InChI is InChI=1S/C22H17N5O3S2/c1-27(19-4-2-3-11-23-19)32(29,30)15-7-5-14(6-8-15)24-12-16-20-17(26-22(16)28)9-10-18-21(20)25-13-31-18/h2-13,26,28H,1H3. The molecular formula is C22H17N5O3S2. The molecule has 3 heterocycles. The Balaban J connectivity index is 1.46. The Morgan fingerprint density at radius 3 is 2.66 bits per heavy atom. The number of hydrogen-bond donors (Lipinski definition) is 2. The molecule has 0 spiro atoms. The van der Waals surface area contributed by atoms with Gasteiger partial charge in [-0.1, -0.05) is 6.07 Å². The quantitative estimate of drug-likeness (QED) is 0.374. The molecule has 0 unspecified atom stereocenters. The number of aromatic hydroxyl groups is 1. The Labute approximate surface area is 187 Å². The summed E-state index contributed by atoms with van der Waals surface area (Å²) in [4.78, 5) is 16.0. The number of H-pyrrole nitrogens is 1. The Morgan fingerprint density at radius 1 is 1.09 bits per heavy atom. The van der Waals surface area contributed by atoms with Crippen LogP contribution in [0.4, 0.5) is 11.5 Å². The van der Waals surface area contributed by atoms with Gasteiger partial charge in [0, 0.05) is 24.8 Å². The number of fused-ring (bicyclic) bond motifs is 3. The van der Waals surface area contributed by atoms with Gasteiger partial charge in [-0.15, -0.1) is 11.3 Å². The summed E-state index contributed by atoms with van der Waals surface area (Å²) in [5.41, 5.74) is 4.40. The van der Waals surface area contributed by atoms with Gasteiger partial charge in [-0.05, 0) is 48.5 Å². The predicted molar refractivity (Wildman–Crippen MR) is 127 cm³/mol. The Kier molecular flexibility index (Phi) is 4.87. The maximum Gasteiger partial charge on any atom is 0.265 e. The fraction of sp³-hybridized carbons (Fsp3) is 0.0455. The summed E-state index contributed by atoms with van der Waals surface area (Å²) in [7, 11) is -2.29. The van der Waals surface area contributed by atoms with E-state index >= 15 is 0 Å². The number of hydrogen-bond acceptors (Lipinski definition) is 7. The van der Waals surface area contributed by atoms with Gasteiger partial charge in [0.15, 0.2) is 5.88 Å². The zero-order chi connectivity index (χ0) is 22.3. The minimum absolute atomic E-state index is 0.000402. The molecule has 0 aliphatic carbocycles. The van der Waals surface area contributed by atoms with Crippen LogP contribution in [0.5, 0.6) is 5.88 Å². The average molecular weight is 464 g/mol. The molecule has 3 aromatic heterocycles. The molecule has 5 aromatic rings. The van der Waals surface area contributed by atoms with Crippen molar-refractivity contribution < 1.29 is 13.5 Å². The topological polar surface area (TPSA) is 112 Å². The van der Waals surface area contributed by atoms with Crippen molar-refractivity contribution >= 4 is 60.2 Å². The van der Waals surface area contributed by atoms with E-state index in [4.69, 9.17) is 0 Å². The monoisotopic (exact) mass is 463 g/mol. The van der Waals surface area contributed by atoms with E-state index in [0.717, 1.165) is 25.4 Å². The fourth-order valence-electron chi connectivity index (χ4n) is 3.41. The largest absolute Gasteiger partial charge is 0.494 e. The number of anilines is 1. The van der Waals surface area contributed by atoms with E-state index in [-0.39, 0.29) is 10.8 Å². The summed E-state index contributed by atoms with van der Waals surface area (Å²) in [6, 6.07) is 15.1. The SMILES string of the molecule is CN(c1ccccn1)S(=O)(=O)c1ccc(N=Cc2c(O)[nH]c3ccc4scnc4c23)cc1. The molecule has 2 aromatic carbocycles. The first kappa shape index (κ1) is 20.2. The van der Waals surface area contributed by atoms with E-state index in [1.807, 2.05) is 12.1 Å². The number of aromatic amines is 1. The molecule has 160 valence electrons. The summed E-state index contributed by atoms with van der Waals surface area (Å²) in [6.07, 6.45) is 3.09. The van der Waals surface area contributed by atoms with Crippen molar-refractivity contribution in [3.63, 3.8) is 0 Å². The van der Waals surface area contributed by atoms with Gasteiger partial charge in [0.05, 0.1) is 37.4 Å². The van der Waals surface area contributed by atoms with Crippen LogP contribution in [-0.2, 0) is 10.0 Å².